The van der Waals surface area contributed by atoms with Crippen LogP contribution in [0.5, 0.6) is 0 Å². The summed E-state index contributed by atoms with van der Waals surface area (Å²) in [6.45, 7) is 0. The van der Waals surface area contributed by atoms with Gasteiger partial charge in [-0.2, -0.15) is 0 Å². The summed E-state index contributed by atoms with van der Waals surface area (Å²) in [6.07, 6.45) is 0. The van der Waals surface area contributed by atoms with Crippen molar-refractivity contribution in [2.24, 2.45) is 0 Å². The molecular formula is C6H6N2. The fraction of sp³-hybridized carbons (Fsp3) is 0. The van der Waals surface area contributed by atoms with Gasteiger partial charge in [0.15, 0.2) is 0 Å². The minimum atomic E-state index is 0.465. The summed E-state index contributed by atoms with van der Waals surface area (Å²) in [7, 11) is 0. The first-order chi connectivity index (χ1) is 3.80. The normalized spacial score (nSPS) is 8.00. The fourth-order valence-electron chi connectivity index (χ4n) is 0.413. The quantitative estimate of drug-likeness (QED) is 0.504. The molecule has 0 radical (unpaired) electrons. The van der Waals surface area contributed by atoms with Gasteiger partial charge in [-0.3, -0.25) is 0 Å². The van der Waals surface area contributed by atoms with Gasteiger partial charge in [0.1, 0.15) is 5.69 Å². The molecule has 1 rings (SSSR count). The second-order valence-corrected chi connectivity index (χ2v) is 1.47. The van der Waals surface area contributed by atoms with Crippen molar-refractivity contribution in [3.63, 3.8) is 0 Å². The SMILES string of the molecule is Nc1c#cccc1N. The Morgan fingerprint density at radius 1 is 1.38 bits per heavy atom. The maximum absolute atomic E-state index is 5.34. The van der Waals surface area contributed by atoms with Crippen molar-refractivity contribution in [2.45, 2.75) is 0 Å². The van der Waals surface area contributed by atoms with Crippen molar-refractivity contribution >= 4 is 11.4 Å². The van der Waals surface area contributed by atoms with Crippen LogP contribution in [0.15, 0.2) is 12.1 Å². The third-order valence-electron chi connectivity index (χ3n) is 0.864. The highest BCUT2D eigenvalue weighted by molar-refractivity contribution is 5.59. The van der Waals surface area contributed by atoms with Crippen LogP contribution in [0.25, 0.3) is 0 Å². The van der Waals surface area contributed by atoms with E-state index in [0.717, 1.165) is 0 Å². The van der Waals surface area contributed by atoms with Crippen LogP contribution in [0.1, 0.15) is 0 Å². The van der Waals surface area contributed by atoms with Gasteiger partial charge in [0, 0.05) is 0 Å². The van der Waals surface area contributed by atoms with E-state index in [-0.39, 0.29) is 0 Å². The molecule has 0 aliphatic heterocycles. The summed E-state index contributed by atoms with van der Waals surface area (Å²) in [4.78, 5) is 0. The van der Waals surface area contributed by atoms with Gasteiger partial charge in [-0.1, -0.05) is 6.07 Å². The first-order valence-corrected chi connectivity index (χ1v) is 2.24. The Kier molecular flexibility index (Phi) is 0.974. The summed E-state index contributed by atoms with van der Waals surface area (Å²) >= 11 is 0. The lowest BCUT2D eigenvalue weighted by molar-refractivity contribution is 1.69. The molecule has 0 heterocycles. The largest absolute Gasteiger partial charge is 0.396 e. The van der Waals surface area contributed by atoms with E-state index in [1.54, 1.807) is 12.1 Å². The van der Waals surface area contributed by atoms with Crippen molar-refractivity contribution < 1.29 is 0 Å². The van der Waals surface area contributed by atoms with E-state index in [1.165, 1.54) is 0 Å². The third kappa shape index (κ3) is 0.662. The second-order valence-electron chi connectivity index (χ2n) is 1.47. The van der Waals surface area contributed by atoms with Gasteiger partial charge in [-0.15, -0.1) is 0 Å². The highest BCUT2D eigenvalue weighted by Gasteiger charge is 1.84. The van der Waals surface area contributed by atoms with E-state index in [2.05, 4.69) is 12.1 Å². The molecule has 0 bridgehead atoms. The van der Waals surface area contributed by atoms with Gasteiger partial charge in [0.25, 0.3) is 0 Å². The molecule has 0 saturated heterocycles. The third-order valence-corrected chi connectivity index (χ3v) is 0.864. The average molecular weight is 106 g/mol. The standard InChI is InChI=1S/C6H6N2/c7-5-3-1-2-4-6(5)8/h1,3H,7-8H2. The van der Waals surface area contributed by atoms with Gasteiger partial charge in [-0.25, -0.2) is 0 Å². The molecule has 1 aromatic rings. The minimum absolute atomic E-state index is 0.465. The Hall–Kier alpha value is -1.36. The van der Waals surface area contributed by atoms with Crippen LogP contribution in [0.4, 0.5) is 11.4 Å². The highest BCUT2D eigenvalue weighted by atomic mass is 14.7. The van der Waals surface area contributed by atoms with E-state index >= 15 is 0 Å². The van der Waals surface area contributed by atoms with Crippen molar-refractivity contribution in [3.05, 3.63) is 24.3 Å². The van der Waals surface area contributed by atoms with Gasteiger partial charge in [-0.05, 0) is 18.2 Å². The van der Waals surface area contributed by atoms with E-state index in [9.17, 15) is 0 Å². The maximum Gasteiger partial charge on any atom is 0.106 e. The molecular weight excluding hydrogens is 100 g/mol. The predicted octanol–water partition coefficient (Wildman–Crippen LogP) is 0.451. The molecule has 2 heteroatoms. The van der Waals surface area contributed by atoms with Crippen molar-refractivity contribution in [2.75, 3.05) is 11.5 Å². The minimum Gasteiger partial charge on any atom is -0.396 e. The zero-order valence-corrected chi connectivity index (χ0v) is 4.31. The van der Waals surface area contributed by atoms with Crippen LogP contribution >= 0.6 is 0 Å². The van der Waals surface area contributed by atoms with E-state index in [4.69, 9.17) is 11.5 Å². The number of nitrogens with two attached hydrogens (primary N) is 2. The Morgan fingerprint density at radius 2 is 2.12 bits per heavy atom. The van der Waals surface area contributed by atoms with E-state index in [0.29, 0.717) is 11.4 Å². The Morgan fingerprint density at radius 3 is 2.50 bits per heavy atom. The van der Waals surface area contributed by atoms with Gasteiger partial charge in [0.05, 0.1) is 5.69 Å². The molecule has 0 amide bonds. The van der Waals surface area contributed by atoms with Crippen molar-refractivity contribution in [3.8, 4) is 0 Å². The fourth-order valence-corrected chi connectivity index (χ4v) is 0.413. The predicted molar refractivity (Wildman–Crippen MR) is 32.9 cm³/mol. The van der Waals surface area contributed by atoms with Crippen LogP contribution in [0, 0.1) is 12.1 Å². The number of rotatable bonds is 0. The molecule has 8 heavy (non-hydrogen) atoms. The second kappa shape index (κ2) is 1.63. The molecule has 0 saturated carbocycles. The molecule has 40 valence electrons. The molecule has 4 N–H and O–H groups in total. The molecule has 2 nitrogen and oxygen atoms in total. The van der Waals surface area contributed by atoms with Gasteiger partial charge < -0.3 is 11.5 Å². The smallest absolute Gasteiger partial charge is 0.106 e. The number of hydrogen-bond donors (Lipinski definition) is 2. The number of hydrogen-bond acceptors (Lipinski definition) is 2. The van der Waals surface area contributed by atoms with Gasteiger partial charge in [0.2, 0.25) is 0 Å². The van der Waals surface area contributed by atoms with Crippen LogP contribution in [-0.4, -0.2) is 0 Å². The molecule has 0 atom stereocenters. The summed E-state index contributed by atoms with van der Waals surface area (Å²) in [5, 5.41) is 0. The van der Waals surface area contributed by atoms with E-state index in [1.807, 2.05) is 0 Å². The molecule has 0 spiro atoms. The zero-order chi connectivity index (χ0) is 5.98. The lowest BCUT2D eigenvalue weighted by atomic mass is 10.3. The Balaban J connectivity index is 3.13. The first kappa shape index (κ1) is 4.79. The molecule has 0 unspecified atom stereocenters. The number of nitrogen functional groups attached to an aromatic ring is 2. The molecule has 0 aliphatic carbocycles. The Labute approximate surface area is 48.1 Å². The lowest BCUT2D eigenvalue weighted by Gasteiger charge is -1.89. The van der Waals surface area contributed by atoms with Crippen molar-refractivity contribution in [1.29, 1.82) is 0 Å². The lowest BCUT2D eigenvalue weighted by Crippen LogP contribution is -1.90. The molecule has 0 aromatic heterocycles. The van der Waals surface area contributed by atoms with Crippen LogP contribution in [0.3, 0.4) is 0 Å². The average Bonchev–Trinajstić information content (AvgIpc) is 1.77. The monoisotopic (exact) mass is 106 g/mol. The van der Waals surface area contributed by atoms with Crippen molar-refractivity contribution in [1.82, 2.24) is 0 Å². The van der Waals surface area contributed by atoms with E-state index < -0.39 is 0 Å². The topological polar surface area (TPSA) is 52.0 Å². The number of anilines is 2. The summed E-state index contributed by atoms with van der Waals surface area (Å²) in [5.41, 5.74) is 11.7. The van der Waals surface area contributed by atoms with Crippen LogP contribution in [0.2, 0.25) is 0 Å². The summed E-state index contributed by atoms with van der Waals surface area (Å²) in [5.74, 6) is 0. The Bertz CT molecular complexity index is 163. The highest BCUT2D eigenvalue weighted by Crippen LogP contribution is 2.06. The molecule has 1 aromatic carbocycles. The summed E-state index contributed by atoms with van der Waals surface area (Å²) < 4.78 is 0. The molecule has 0 fully saturated rings. The zero-order valence-electron chi connectivity index (χ0n) is 4.31. The maximum atomic E-state index is 5.34. The molecule has 0 aliphatic rings. The summed E-state index contributed by atoms with van der Waals surface area (Å²) in [6, 6.07) is 8.66. The van der Waals surface area contributed by atoms with Crippen LogP contribution in [-0.2, 0) is 0 Å². The van der Waals surface area contributed by atoms with Crippen LogP contribution < -0.4 is 11.5 Å². The van der Waals surface area contributed by atoms with Gasteiger partial charge >= 0.3 is 0 Å². The first-order valence-electron chi connectivity index (χ1n) is 2.24.